The van der Waals surface area contributed by atoms with Gasteiger partial charge in [0.25, 0.3) is 0 Å². The Morgan fingerprint density at radius 3 is 2.75 bits per heavy atom. The lowest BCUT2D eigenvalue weighted by Gasteiger charge is -2.39. The molecule has 3 aromatic rings. The molecule has 4 rings (SSSR count). The van der Waals surface area contributed by atoms with Gasteiger partial charge < -0.3 is 10.3 Å². The molecule has 0 amide bonds. The molecule has 0 bridgehead atoms. The summed E-state index contributed by atoms with van der Waals surface area (Å²) in [6, 6.07) is 10.8. The maximum Gasteiger partial charge on any atom is 0.0535 e. The number of halogens is 1. The van der Waals surface area contributed by atoms with Crippen molar-refractivity contribution in [1.29, 1.82) is 0 Å². The fourth-order valence-corrected chi connectivity index (χ4v) is 4.39. The average Bonchev–Trinajstić information content (AvgIpc) is 2.99. The average molecular weight is 339 g/mol. The Morgan fingerprint density at radius 1 is 1.17 bits per heavy atom. The summed E-state index contributed by atoms with van der Waals surface area (Å²) in [6.45, 7) is 8.95. The molecule has 0 saturated heterocycles. The van der Waals surface area contributed by atoms with Crippen molar-refractivity contribution in [2.45, 2.75) is 45.6 Å². The second-order valence-corrected chi connectivity index (χ2v) is 8.07. The van der Waals surface area contributed by atoms with Gasteiger partial charge in [0.15, 0.2) is 0 Å². The SMILES string of the molecule is Cc1c(Cl)c(-c2cccc3cc[nH]c23)cc2c1NC(C)(C)CC2C. The Labute approximate surface area is 148 Å². The molecule has 3 heteroatoms. The fourth-order valence-electron chi connectivity index (χ4n) is 4.14. The normalized spacial score (nSPS) is 19.1. The molecule has 1 atom stereocenters. The van der Waals surface area contributed by atoms with Crippen LogP contribution in [0.5, 0.6) is 0 Å². The minimum atomic E-state index is 0.0987. The molecule has 1 aromatic heterocycles. The second-order valence-electron chi connectivity index (χ2n) is 7.69. The first kappa shape index (κ1) is 15.6. The van der Waals surface area contributed by atoms with Crippen LogP contribution in [0.25, 0.3) is 22.0 Å². The van der Waals surface area contributed by atoms with Crippen LogP contribution in [0, 0.1) is 6.92 Å². The largest absolute Gasteiger partial charge is 0.380 e. The number of rotatable bonds is 1. The summed E-state index contributed by atoms with van der Waals surface area (Å²) in [5.74, 6) is 0.508. The molecule has 1 aliphatic rings. The summed E-state index contributed by atoms with van der Waals surface area (Å²) in [4.78, 5) is 3.36. The Morgan fingerprint density at radius 2 is 1.96 bits per heavy atom. The predicted molar refractivity (Wildman–Crippen MR) is 104 cm³/mol. The molecule has 2 nitrogen and oxygen atoms in total. The molecule has 0 spiro atoms. The van der Waals surface area contributed by atoms with Crippen molar-refractivity contribution in [3.05, 3.63) is 52.7 Å². The Balaban J connectivity index is 1.98. The zero-order chi connectivity index (χ0) is 17.1. The van der Waals surface area contributed by atoms with E-state index in [9.17, 15) is 0 Å². The van der Waals surface area contributed by atoms with Gasteiger partial charge in [0.05, 0.1) is 10.5 Å². The van der Waals surface area contributed by atoms with Crippen LogP contribution in [0.15, 0.2) is 36.5 Å². The molecule has 0 saturated carbocycles. The van der Waals surface area contributed by atoms with Gasteiger partial charge in [-0.2, -0.15) is 0 Å². The van der Waals surface area contributed by atoms with Crippen LogP contribution in [0.3, 0.4) is 0 Å². The predicted octanol–water partition coefficient (Wildman–Crippen LogP) is 6.49. The molecular formula is C21H23ClN2. The number of anilines is 1. The van der Waals surface area contributed by atoms with Crippen molar-refractivity contribution in [1.82, 2.24) is 4.98 Å². The smallest absolute Gasteiger partial charge is 0.0535 e. The van der Waals surface area contributed by atoms with Crippen molar-refractivity contribution >= 4 is 28.2 Å². The van der Waals surface area contributed by atoms with E-state index >= 15 is 0 Å². The Hall–Kier alpha value is -1.93. The van der Waals surface area contributed by atoms with E-state index in [0.29, 0.717) is 5.92 Å². The maximum absolute atomic E-state index is 6.82. The highest BCUT2D eigenvalue weighted by molar-refractivity contribution is 6.35. The lowest BCUT2D eigenvalue weighted by molar-refractivity contribution is 0.453. The van der Waals surface area contributed by atoms with Gasteiger partial charge in [-0.05, 0) is 61.8 Å². The quantitative estimate of drug-likeness (QED) is 0.521. The number of hydrogen-bond donors (Lipinski definition) is 2. The third kappa shape index (κ3) is 2.32. The number of para-hydroxylation sites is 1. The first-order valence-electron chi connectivity index (χ1n) is 8.55. The van der Waals surface area contributed by atoms with Crippen LogP contribution in [0.4, 0.5) is 5.69 Å². The monoisotopic (exact) mass is 338 g/mol. The van der Waals surface area contributed by atoms with Gasteiger partial charge in [-0.3, -0.25) is 0 Å². The van der Waals surface area contributed by atoms with Crippen molar-refractivity contribution in [3.8, 4) is 11.1 Å². The molecule has 124 valence electrons. The molecule has 0 aliphatic carbocycles. The van der Waals surface area contributed by atoms with Gasteiger partial charge in [-0.25, -0.2) is 0 Å². The van der Waals surface area contributed by atoms with Crippen molar-refractivity contribution in [3.63, 3.8) is 0 Å². The van der Waals surface area contributed by atoms with Crippen molar-refractivity contribution < 1.29 is 0 Å². The first-order valence-corrected chi connectivity index (χ1v) is 8.93. The van der Waals surface area contributed by atoms with E-state index in [0.717, 1.165) is 28.1 Å². The summed E-state index contributed by atoms with van der Waals surface area (Å²) < 4.78 is 0. The third-order valence-corrected chi connectivity index (χ3v) is 5.70. The van der Waals surface area contributed by atoms with E-state index in [1.165, 1.54) is 22.2 Å². The maximum atomic E-state index is 6.82. The van der Waals surface area contributed by atoms with Gasteiger partial charge in [0.2, 0.25) is 0 Å². The lowest BCUT2D eigenvalue weighted by atomic mass is 9.79. The van der Waals surface area contributed by atoms with E-state index < -0.39 is 0 Å². The van der Waals surface area contributed by atoms with E-state index in [1.807, 2.05) is 6.20 Å². The number of hydrogen-bond acceptors (Lipinski definition) is 1. The molecular weight excluding hydrogens is 316 g/mol. The first-order chi connectivity index (χ1) is 11.4. The van der Waals surface area contributed by atoms with E-state index in [1.54, 1.807) is 0 Å². The van der Waals surface area contributed by atoms with Crippen molar-refractivity contribution in [2.24, 2.45) is 0 Å². The lowest BCUT2D eigenvalue weighted by Crippen LogP contribution is -2.37. The van der Waals surface area contributed by atoms with E-state index in [2.05, 4.69) is 68.3 Å². The van der Waals surface area contributed by atoms with Gasteiger partial charge in [-0.1, -0.05) is 36.7 Å². The fraction of sp³-hybridized carbons (Fsp3) is 0.333. The number of aromatic amines is 1. The molecule has 1 aliphatic heterocycles. The number of aromatic nitrogens is 1. The Bertz CT molecular complexity index is 936. The minimum absolute atomic E-state index is 0.0987. The molecule has 2 N–H and O–H groups in total. The summed E-state index contributed by atoms with van der Waals surface area (Å²) in [5, 5.41) is 5.75. The summed E-state index contributed by atoms with van der Waals surface area (Å²) in [6.07, 6.45) is 3.10. The number of H-pyrrole nitrogens is 1. The summed E-state index contributed by atoms with van der Waals surface area (Å²) in [7, 11) is 0. The molecule has 2 heterocycles. The van der Waals surface area contributed by atoms with Crippen LogP contribution in [-0.2, 0) is 0 Å². The second kappa shape index (κ2) is 5.29. The van der Waals surface area contributed by atoms with Crippen LogP contribution in [0.2, 0.25) is 5.02 Å². The number of nitrogens with one attached hydrogen (secondary N) is 2. The van der Waals surface area contributed by atoms with Gasteiger partial charge in [0, 0.05) is 28.6 Å². The zero-order valence-electron chi connectivity index (χ0n) is 14.6. The Kier molecular flexibility index (Phi) is 3.43. The van der Waals surface area contributed by atoms with Gasteiger partial charge in [-0.15, -0.1) is 0 Å². The minimum Gasteiger partial charge on any atom is -0.380 e. The summed E-state index contributed by atoms with van der Waals surface area (Å²) >= 11 is 6.82. The summed E-state index contributed by atoms with van der Waals surface area (Å²) in [5.41, 5.74) is 7.27. The van der Waals surface area contributed by atoms with Crippen LogP contribution >= 0.6 is 11.6 Å². The molecule has 0 radical (unpaired) electrons. The molecule has 0 fully saturated rings. The molecule has 2 aromatic carbocycles. The van der Waals surface area contributed by atoms with E-state index in [4.69, 9.17) is 11.6 Å². The van der Waals surface area contributed by atoms with Gasteiger partial charge in [0.1, 0.15) is 0 Å². The zero-order valence-corrected chi connectivity index (χ0v) is 15.4. The highest BCUT2D eigenvalue weighted by Gasteiger charge is 2.31. The van der Waals surface area contributed by atoms with Crippen LogP contribution < -0.4 is 5.32 Å². The van der Waals surface area contributed by atoms with Crippen molar-refractivity contribution in [2.75, 3.05) is 5.32 Å². The van der Waals surface area contributed by atoms with Crippen LogP contribution in [0.1, 0.15) is 44.2 Å². The molecule has 1 unspecified atom stereocenters. The number of fused-ring (bicyclic) bond motifs is 2. The standard InChI is InChI=1S/C21H23ClN2/c1-12-11-21(3,4)24-19-13(2)18(22)17(10-16(12)19)15-7-5-6-14-8-9-23-20(14)15/h5-10,12,23-24H,11H2,1-4H3. The van der Waals surface area contributed by atoms with Crippen LogP contribution in [-0.4, -0.2) is 10.5 Å². The number of benzene rings is 2. The third-order valence-electron chi connectivity index (χ3n) is 5.22. The highest BCUT2D eigenvalue weighted by atomic mass is 35.5. The topological polar surface area (TPSA) is 27.8 Å². The highest BCUT2D eigenvalue weighted by Crippen LogP contribution is 2.46. The molecule has 24 heavy (non-hydrogen) atoms. The van der Waals surface area contributed by atoms with Gasteiger partial charge >= 0.3 is 0 Å². The van der Waals surface area contributed by atoms with E-state index in [-0.39, 0.29) is 5.54 Å².